The molecule has 16 heavy (non-hydrogen) atoms. The Morgan fingerprint density at radius 2 is 2.44 bits per heavy atom. The van der Waals surface area contributed by atoms with Gasteiger partial charge < -0.3 is 10.6 Å². The highest BCUT2D eigenvalue weighted by Gasteiger charge is 2.24. The molecular formula is C11H18N4O. The first kappa shape index (κ1) is 11.1. The Balaban J connectivity index is 1.92. The number of piperidine rings is 1. The van der Waals surface area contributed by atoms with E-state index in [0.717, 1.165) is 25.1 Å². The van der Waals surface area contributed by atoms with Gasteiger partial charge in [0.1, 0.15) is 0 Å². The zero-order valence-corrected chi connectivity index (χ0v) is 9.71. The Bertz CT molecular complexity index is 374. The summed E-state index contributed by atoms with van der Waals surface area (Å²) in [4.78, 5) is 11.9. The van der Waals surface area contributed by atoms with Crippen molar-refractivity contribution in [2.45, 2.75) is 32.7 Å². The van der Waals surface area contributed by atoms with E-state index in [0.29, 0.717) is 11.9 Å². The Hall–Kier alpha value is -1.36. The fourth-order valence-corrected chi connectivity index (χ4v) is 2.08. The first-order valence-electron chi connectivity index (χ1n) is 5.71. The Morgan fingerprint density at radius 1 is 1.62 bits per heavy atom. The van der Waals surface area contributed by atoms with Crippen LogP contribution in [-0.2, 0) is 4.79 Å². The molecule has 1 saturated heterocycles. The van der Waals surface area contributed by atoms with Gasteiger partial charge in [-0.05, 0) is 33.2 Å². The molecule has 1 aliphatic heterocycles. The standard InChI is InChI=1S/C11H18N4O/c1-7-5-9(3-4-12-7)11(16)13-10-6-8(2)14-15-10/h6-7,9,12H,3-5H2,1-2H3,(H2,13,14,15,16)/t7-,9-/m0/s1. The number of hydrogen-bond donors (Lipinski definition) is 3. The van der Waals surface area contributed by atoms with Gasteiger partial charge in [0.25, 0.3) is 0 Å². The van der Waals surface area contributed by atoms with Gasteiger partial charge in [-0.25, -0.2) is 0 Å². The predicted molar refractivity (Wildman–Crippen MR) is 62.1 cm³/mol. The summed E-state index contributed by atoms with van der Waals surface area (Å²) in [5.74, 6) is 0.807. The fraction of sp³-hybridized carbons (Fsp3) is 0.636. The quantitative estimate of drug-likeness (QED) is 0.700. The second kappa shape index (κ2) is 4.65. The van der Waals surface area contributed by atoms with E-state index in [1.165, 1.54) is 0 Å². The molecule has 0 saturated carbocycles. The smallest absolute Gasteiger partial charge is 0.228 e. The summed E-state index contributed by atoms with van der Waals surface area (Å²) >= 11 is 0. The van der Waals surface area contributed by atoms with E-state index in [2.05, 4.69) is 27.8 Å². The van der Waals surface area contributed by atoms with Crippen molar-refractivity contribution in [2.24, 2.45) is 5.92 Å². The van der Waals surface area contributed by atoms with Crippen LogP contribution in [0.25, 0.3) is 0 Å². The van der Waals surface area contributed by atoms with Gasteiger partial charge in [-0.15, -0.1) is 0 Å². The number of amides is 1. The van der Waals surface area contributed by atoms with Crippen LogP contribution in [0.2, 0.25) is 0 Å². The monoisotopic (exact) mass is 222 g/mol. The van der Waals surface area contributed by atoms with Crippen LogP contribution < -0.4 is 10.6 Å². The van der Waals surface area contributed by atoms with E-state index in [9.17, 15) is 4.79 Å². The van der Waals surface area contributed by atoms with Crippen molar-refractivity contribution < 1.29 is 4.79 Å². The topological polar surface area (TPSA) is 69.8 Å². The SMILES string of the molecule is Cc1cc(NC(=O)[C@H]2CCN[C@@H](C)C2)n[nH]1. The molecule has 0 unspecified atom stereocenters. The Kier molecular flexibility index (Phi) is 3.24. The molecule has 0 spiro atoms. The largest absolute Gasteiger partial charge is 0.314 e. The highest BCUT2D eigenvalue weighted by Crippen LogP contribution is 2.18. The van der Waals surface area contributed by atoms with Crippen molar-refractivity contribution in [1.82, 2.24) is 15.5 Å². The maximum absolute atomic E-state index is 11.9. The van der Waals surface area contributed by atoms with Gasteiger partial charge in [0.05, 0.1) is 0 Å². The average molecular weight is 222 g/mol. The number of aromatic nitrogens is 2. The van der Waals surface area contributed by atoms with Crippen LogP contribution >= 0.6 is 0 Å². The van der Waals surface area contributed by atoms with E-state index in [4.69, 9.17) is 0 Å². The summed E-state index contributed by atoms with van der Waals surface area (Å²) in [6.45, 7) is 4.94. The second-order valence-corrected chi connectivity index (χ2v) is 4.50. The Labute approximate surface area is 95.0 Å². The van der Waals surface area contributed by atoms with Gasteiger partial charge >= 0.3 is 0 Å². The minimum absolute atomic E-state index is 0.0832. The lowest BCUT2D eigenvalue weighted by Crippen LogP contribution is -2.40. The van der Waals surface area contributed by atoms with E-state index >= 15 is 0 Å². The average Bonchev–Trinajstić information content (AvgIpc) is 2.64. The van der Waals surface area contributed by atoms with Crippen LogP contribution in [0.4, 0.5) is 5.82 Å². The van der Waals surface area contributed by atoms with Gasteiger partial charge in [0, 0.05) is 23.7 Å². The number of carbonyl (C=O) groups is 1. The maximum atomic E-state index is 11.9. The molecule has 1 aromatic heterocycles. The summed E-state index contributed by atoms with van der Waals surface area (Å²) in [6, 6.07) is 2.26. The number of hydrogen-bond acceptors (Lipinski definition) is 3. The number of aromatic amines is 1. The molecule has 0 aliphatic carbocycles. The molecule has 5 heteroatoms. The lowest BCUT2D eigenvalue weighted by molar-refractivity contribution is -0.120. The minimum Gasteiger partial charge on any atom is -0.314 e. The molecule has 1 aromatic rings. The lowest BCUT2D eigenvalue weighted by Gasteiger charge is -2.26. The highest BCUT2D eigenvalue weighted by molar-refractivity contribution is 5.91. The molecular weight excluding hydrogens is 204 g/mol. The molecule has 0 radical (unpaired) electrons. The zero-order chi connectivity index (χ0) is 11.5. The molecule has 3 N–H and O–H groups in total. The molecule has 2 atom stereocenters. The van der Waals surface area contributed by atoms with E-state index in [1.54, 1.807) is 0 Å². The molecule has 0 bridgehead atoms. The van der Waals surface area contributed by atoms with Crippen molar-refractivity contribution in [3.63, 3.8) is 0 Å². The molecule has 2 rings (SSSR count). The van der Waals surface area contributed by atoms with Crippen LogP contribution in [-0.4, -0.2) is 28.7 Å². The number of nitrogens with zero attached hydrogens (tertiary/aromatic N) is 1. The minimum atomic E-state index is 0.0832. The van der Waals surface area contributed by atoms with Gasteiger partial charge in [0.2, 0.25) is 5.91 Å². The number of rotatable bonds is 2. The summed E-state index contributed by atoms with van der Waals surface area (Å²) in [5, 5.41) is 13.0. The number of anilines is 1. The second-order valence-electron chi connectivity index (χ2n) is 4.50. The first-order chi connectivity index (χ1) is 7.65. The van der Waals surface area contributed by atoms with Gasteiger partial charge in [-0.2, -0.15) is 5.10 Å². The van der Waals surface area contributed by atoms with Crippen molar-refractivity contribution in [3.05, 3.63) is 11.8 Å². The van der Waals surface area contributed by atoms with Gasteiger partial charge in [-0.1, -0.05) is 0 Å². The van der Waals surface area contributed by atoms with Crippen molar-refractivity contribution in [3.8, 4) is 0 Å². The summed E-state index contributed by atoms with van der Waals surface area (Å²) in [6.07, 6.45) is 1.80. The van der Waals surface area contributed by atoms with Gasteiger partial charge in [-0.3, -0.25) is 9.89 Å². The third-order valence-electron chi connectivity index (χ3n) is 2.95. The van der Waals surface area contributed by atoms with Crippen LogP contribution in [0.15, 0.2) is 6.07 Å². The third kappa shape index (κ3) is 2.61. The predicted octanol–water partition coefficient (Wildman–Crippen LogP) is 1.04. The number of aryl methyl sites for hydroxylation is 1. The van der Waals surface area contributed by atoms with Crippen molar-refractivity contribution >= 4 is 11.7 Å². The highest BCUT2D eigenvalue weighted by atomic mass is 16.2. The van der Waals surface area contributed by atoms with Crippen LogP contribution in [0.1, 0.15) is 25.5 Å². The molecule has 1 amide bonds. The summed E-state index contributed by atoms with van der Waals surface area (Å²) in [5.41, 5.74) is 0.953. The van der Waals surface area contributed by atoms with E-state index < -0.39 is 0 Å². The van der Waals surface area contributed by atoms with Gasteiger partial charge in [0.15, 0.2) is 5.82 Å². The Morgan fingerprint density at radius 3 is 3.06 bits per heavy atom. The maximum Gasteiger partial charge on any atom is 0.228 e. The third-order valence-corrected chi connectivity index (χ3v) is 2.95. The lowest BCUT2D eigenvalue weighted by atomic mass is 9.92. The normalized spacial score (nSPS) is 25.4. The number of H-pyrrole nitrogens is 1. The molecule has 5 nitrogen and oxygen atoms in total. The van der Waals surface area contributed by atoms with Crippen molar-refractivity contribution in [1.29, 1.82) is 0 Å². The van der Waals surface area contributed by atoms with Crippen LogP contribution in [0.3, 0.4) is 0 Å². The summed E-state index contributed by atoms with van der Waals surface area (Å²) < 4.78 is 0. The molecule has 1 aliphatic rings. The van der Waals surface area contributed by atoms with E-state index in [-0.39, 0.29) is 11.8 Å². The molecule has 2 heterocycles. The first-order valence-corrected chi connectivity index (χ1v) is 5.71. The molecule has 88 valence electrons. The van der Waals surface area contributed by atoms with Crippen LogP contribution in [0.5, 0.6) is 0 Å². The fourth-order valence-electron chi connectivity index (χ4n) is 2.08. The molecule has 1 fully saturated rings. The summed E-state index contributed by atoms with van der Waals surface area (Å²) in [7, 11) is 0. The number of carbonyl (C=O) groups excluding carboxylic acids is 1. The molecule has 0 aromatic carbocycles. The number of nitrogens with one attached hydrogen (secondary N) is 3. The van der Waals surface area contributed by atoms with E-state index in [1.807, 2.05) is 13.0 Å². The van der Waals surface area contributed by atoms with Crippen molar-refractivity contribution in [2.75, 3.05) is 11.9 Å². The zero-order valence-electron chi connectivity index (χ0n) is 9.71. The van der Waals surface area contributed by atoms with Crippen LogP contribution in [0, 0.1) is 12.8 Å².